The van der Waals surface area contributed by atoms with Gasteiger partial charge in [-0.2, -0.15) is 13.2 Å². The number of aliphatic imine (C=N–C) groups is 1. The van der Waals surface area contributed by atoms with Gasteiger partial charge in [0.2, 0.25) is 5.91 Å². The van der Waals surface area contributed by atoms with Gasteiger partial charge in [-0.25, -0.2) is 10.0 Å². The molecule has 1 aromatic carbocycles. The topological polar surface area (TPSA) is 35.9 Å². The lowest BCUT2D eigenvalue weighted by molar-refractivity contribution is -0.137. The lowest BCUT2D eigenvalue weighted by Gasteiger charge is -2.34. The Bertz CT molecular complexity index is 581. The second-order valence-electron chi connectivity index (χ2n) is 5.09. The Labute approximate surface area is 120 Å². The number of rotatable bonds is 2. The Hall–Kier alpha value is -1.89. The molecule has 0 saturated carbocycles. The van der Waals surface area contributed by atoms with E-state index < -0.39 is 11.7 Å². The molecular formula is C14H16F3N3O. The average Bonchev–Trinajstić information content (AvgIpc) is 2.54. The standard InChI is InChI=1S/C14H16F3N3O/c1-9(2)19(3)20-12-8-10(14(15,16)17)4-5-11(12)18-7-6-13(20)21/h4-5,7-9H,6H2,1-3H3. The van der Waals surface area contributed by atoms with Crippen LogP contribution in [0.2, 0.25) is 0 Å². The Morgan fingerprint density at radius 1 is 1.33 bits per heavy atom. The highest BCUT2D eigenvalue weighted by Crippen LogP contribution is 2.38. The largest absolute Gasteiger partial charge is 0.416 e. The van der Waals surface area contributed by atoms with Crippen molar-refractivity contribution in [2.24, 2.45) is 4.99 Å². The molecule has 1 aromatic rings. The molecule has 0 bridgehead atoms. The number of hydrogen-bond donors (Lipinski definition) is 0. The molecule has 1 aliphatic rings. The molecule has 2 rings (SSSR count). The fourth-order valence-electron chi connectivity index (χ4n) is 2.00. The van der Waals surface area contributed by atoms with Gasteiger partial charge < -0.3 is 0 Å². The molecule has 0 unspecified atom stereocenters. The zero-order valence-corrected chi connectivity index (χ0v) is 12.0. The number of halogens is 3. The van der Waals surface area contributed by atoms with E-state index in [1.54, 1.807) is 12.1 Å². The number of carbonyl (C=O) groups excluding carboxylic acids is 1. The third-order valence-electron chi connectivity index (χ3n) is 3.33. The second-order valence-corrected chi connectivity index (χ2v) is 5.09. The summed E-state index contributed by atoms with van der Waals surface area (Å²) in [4.78, 5) is 16.3. The van der Waals surface area contributed by atoms with Crippen molar-refractivity contribution in [1.29, 1.82) is 0 Å². The van der Waals surface area contributed by atoms with Crippen molar-refractivity contribution in [3.05, 3.63) is 23.8 Å². The predicted molar refractivity (Wildman–Crippen MR) is 74.6 cm³/mol. The number of hydrazine groups is 1. The van der Waals surface area contributed by atoms with Gasteiger partial charge in [-0.05, 0) is 32.0 Å². The fourth-order valence-corrected chi connectivity index (χ4v) is 2.00. The molecule has 114 valence electrons. The fraction of sp³-hybridized carbons (Fsp3) is 0.429. The van der Waals surface area contributed by atoms with Gasteiger partial charge in [-0.1, -0.05) is 0 Å². The van der Waals surface area contributed by atoms with Crippen LogP contribution < -0.4 is 5.01 Å². The van der Waals surface area contributed by atoms with E-state index in [-0.39, 0.29) is 24.1 Å². The Morgan fingerprint density at radius 3 is 2.57 bits per heavy atom. The van der Waals surface area contributed by atoms with E-state index in [2.05, 4.69) is 4.99 Å². The maximum atomic E-state index is 12.9. The van der Waals surface area contributed by atoms with E-state index in [1.165, 1.54) is 17.3 Å². The molecule has 0 aliphatic carbocycles. The van der Waals surface area contributed by atoms with Gasteiger partial charge in [0.25, 0.3) is 0 Å². The molecule has 1 amide bonds. The molecule has 1 heterocycles. The number of benzene rings is 1. The van der Waals surface area contributed by atoms with Crippen molar-refractivity contribution in [3.8, 4) is 0 Å². The highest BCUT2D eigenvalue weighted by Gasteiger charge is 2.33. The first-order chi connectivity index (χ1) is 9.71. The highest BCUT2D eigenvalue weighted by atomic mass is 19.4. The summed E-state index contributed by atoms with van der Waals surface area (Å²) < 4.78 is 38.7. The van der Waals surface area contributed by atoms with Crippen molar-refractivity contribution >= 4 is 23.5 Å². The number of fused-ring (bicyclic) bond motifs is 1. The summed E-state index contributed by atoms with van der Waals surface area (Å²) in [5, 5.41) is 2.87. The van der Waals surface area contributed by atoms with E-state index in [0.29, 0.717) is 5.69 Å². The van der Waals surface area contributed by atoms with Gasteiger partial charge in [0, 0.05) is 19.3 Å². The number of anilines is 1. The van der Waals surface area contributed by atoms with Crippen LogP contribution in [0.1, 0.15) is 25.8 Å². The van der Waals surface area contributed by atoms with Crippen LogP contribution in [0.25, 0.3) is 0 Å². The third-order valence-corrected chi connectivity index (χ3v) is 3.33. The monoisotopic (exact) mass is 299 g/mol. The van der Waals surface area contributed by atoms with Crippen LogP contribution >= 0.6 is 0 Å². The summed E-state index contributed by atoms with van der Waals surface area (Å²) in [6.45, 7) is 3.71. The molecule has 21 heavy (non-hydrogen) atoms. The van der Waals surface area contributed by atoms with Crippen molar-refractivity contribution < 1.29 is 18.0 Å². The van der Waals surface area contributed by atoms with Crippen LogP contribution in [0.5, 0.6) is 0 Å². The maximum Gasteiger partial charge on any atom is 0.416 e. The molecular weight excluding hydrogens is 283 g/mol. The van der Waals surface area contributed by atoms with Gasteiger partial charge in [-0.3, -0.25) is 9.79 Å². The molecule has 0 radical (unpaired) electrons. The van der Waals surface area contributed by atoms with Crippen LogP contribution in [-0.4, -0.2) is 30.2 Å². The van der Waals surface area contributed by atoms with Crippen LogP contribution in [0.3, 0.4) is 0 Å². The van der Waals surface area contributed by atoms with Crippen LogP contribution in [0.4, 0.5) is 24.5 Å². The zero-order valence-electron chi connectivity index (χ0n) is 12.0. The lowest BCUT2D eigenvalue weighted by Crippen LogP contribution is -2.47. The molecule has 0 N–H and O–H groups in total. The third kappa shape index (κ3) is 3.07. The van der Waals surface area contributed by atoms with Crippen molar-refractivity contribution in [1.82, 2.24) is 5.01 Å². The number of carbonyl (C=O) groups is 1. The van der Waals surface area contributed by atoms with Gasteiger partial charge in [0.15, 0.2) is 0 Å². The first-order valence-electron chi connectivity index (χ1n) is 6.51. The smallest absolute Gasteiger partial charge is 0.273 e. The Balaban J connectivity index is 2.58. The molecule has 4 nitrogen and oxygen atoms in total. The maximum absolute atomic E-state index is 12.9. The quantitative estimate of drug-likeness (QED) is 0.839. The minimum Gasteiger partial charge on any atom is -0.273 e. The van der Waals surface area contributed by atoms with Gasteiger partial charge in [0.1, 0.15) is 0 Å². The molecule has 0 atom stereocenters. The normalized spacial score (nSPS) is 15.6. The van der Waals surface area contributed by atoms with E-state index in [0.717, 1.165) is 12.1 Å². The lowest BCUT2D eigenvalue weighted by atomic mass is 10.1. The Kier molecular flexibility index (Phi) is 4.04. The zero-order chi connectivity index (χ0) is 15.8. The summed E-state index contributed by atoms with van der Waals surface area (Å²) in [6, 6.07) is 3.18. The van der Waals surface area contributed by atoms with Crippen LogP contribution in [0.15, 0.2) is 23.2 Å². The predicted octanol–water partition coefficient (Wildman–Crippen LogP) is 3.40. The van der Waals surface area contributed by atoms with E-state index in [4.69, 9.17) is 0 Å². The molecule has 0 aromatic heterocycles. The summed E-state index contributed by atoms with van der Waals surface area (Å²) in [5.74, 6) is -0.312. The van der Waals surface area contributed by atoms with E-state index in [9.17, 15) is 18.0 Å². The second kappa shape index (κ2) is 5.48. The molecule has 7 heteroatoms. The molecule has 0 fully saturated rings. The first-order valence-corrected chi connectivity index (χ1v) is 6.51. The SMILES string of the molecule is CC(C)N(C)N1C(=O)CC=Nc2ccc(C(F)(F)F)cc21. The number of hydrogen-bond acceptors (Lipinski definition) is 3. The Morgan fingerprint density at radius 2 is 2.00 bits per heavy atom. The minimum absolute atomic E-state index is 0.0468. The summed E-state index contributed by atoms with van der Waals surface area (Å²) in [5.41, 5.74) is -0.297. The van der Waals surface area contributed by atoms with Gasteiger partial charge >= 0.3 is 6.18 Å². The van der Waals surface area contributed by atoms with Crippen molar-refractivity contribution in [2.45, 2.75) is 32.5 Å². The minimum atomic E-state index is -4.46. The summed E-state index contributed by atoms with van der Waals surface area (Å²) >= 11 is 0. The number of amides is 1. The number of alkyl halides is 3. The van der Waals surface area contributed by atoms with E-state index in [1.807, 2.05) is 13.8 Å². The van der Waals surface area contributed by atoms with Gasteiger partial charge in [0.05, 0.1) is 23.4 Å². The van der Waals surface area contributed by atoms with Crippen molar-refractivity contribution in [3.63, 3.8) is 0 Å². The van der Waals surface area contributed by atoms with E-state index >= 15 is 0 Å². The average molecular weight is 299 g/mol. The summed E-state index contributed by atoms with van der Waals surface area (Å²) in [6.07, 6.45) is -2.99. The highest BCUT2D eigenvalue weighted by molar-refractivity contribution is 6.04. The molecule has 0 saturated heterocycles. The van der Waals surface area contributed by atoms with Crippen molar-refractivity contribution in [2.75, 3.05) is 12.1 Å². The molecule has 0 spiro atoms. The van der Waals surface area contributed by atoms with Gasteiger partial charge in [-0.15, -0.1) is 0 Å². The molecule has 1 aliphatic heterocycles. The van der Waals surface area contributed by atoms with Crippen LogP contribution in [0, 0.1) is 0 Å². The van der Waals surface area contributed by atoms with Crippen LogP contribution in [-0.2, 0) is 11.0 Å². The number of nitrogens with zero attached hydrogens (tertiary/aromatic N) is 3. The first kappa shape index (κ1) is 15.5. The summed E-state index contributed by atoms with van der Waals surface area (Å²) in [7, 11) is 1.66.